The van der Waals surface area contributed by atoms with Gasteiger partial charge in [0.25, 0.3) is 0 Å². The van der Waals surface area contributed by atoms with Crippen molar-refractivity contribution < 1.29 is 4.79 Å². The fraction of sp³-hybridized carbons (Fsp3) is 0.600. The molecule has 1 aromatic rings. The summed E-state index contributed by atoms with van der Waals surface area (Å²) in [5.74, 6) is 0.142. The molecule has 2 N–H and O–H groups in total. The van der Waals surface area contributed by atoms with Crippen LogP contribution in [0.4, 0.5) is 0 Å². The first-order valence-corrected chi connectivity index (χ1v) is 8.47. The minimum atomic E-state index is 0.142. The van der Waals surface area contributed by atoms with Crippen molar-refractivity contribution in [3.05, 3.63) is 22.4 Å². The summed E-state index contributed by atoms with van der Waals surface area (Å²) < 4.78 is 0. The standard InChI is InChI=1S/C15H25N3OS2/c1-12(2)18(11-13-5-4-10-21-13)9-7-15(19)17(3)8-6-14(16)20/h4-5,10,12H,6-9,11H2,1-3H3,(H2,16,20). The lowest BCUT2D eigenvalue weighted by molar-refractivity contribution is -0.130. The number of thiocarbonyl (C=S) groups is 1. The highest BCUT2D eigenvalue weighted by Crippen LogP contribution is 2.14. The van der Waals surface area contributed by atoms with E-state index in [2.05, 4.69) is 36.3 Å². The summed E-state index contributed by atoms with van der Waals surface area (Å²) >= 11 is 6.59. The number of nitrogens with two attached hydrogens (primary N) is 1. The Balaban J connectivity index is 2.41. The molecule has 0 fully saturated rings. The van der Waals surface area contributed by atoms with E-state index in [4.69, 9.17) is 18.0 Å². The predicted molar refractivity (Wildman–Crippen MR) is 93.5 cm³/mol. The lowest BCUT2D eigenvalue weighted by atomic mass is 10.2. The monoisotopic (exact) mass is 327 g/mol. The van der Waals surface area contributed by atoms with Gasteiger partial charge in [-0.2, -0.15) is 0 Å². The molecule has 0 saturated heterocycles. The van der Waals surface area contributed by atoms with E-state index in [9.17, 15) is 4.79 Å². The van der Waals surface area contributed by atoms with Crippen molar-refractivity contribution in [1.82, 2.24) is 9.80 Å². The van der Waals surface area contributed by atoms with Gasteiger partial charge in [0.2, 0.25) is 5.91 Å². The highest BCUT2D eigenvalue weighted by Gasteiger charge is 2.15. The van der Waals surface area contributed by atoms with Gasteiger partial charge in [-0.15, -0.1) is 11.3 Å². The van der Waals surface area contributed by atoms with Crippen molar-refractivity contribution in [2.24, 2.45) is 5.73 Å². The Bertz CT molecular complexity index is 446. The van der Waals surface area contributed by atoms with Gasteiger partial charge < -0.3 is 10.6 Å². The molecule has 0 unspecified atom stereocenters. The molecular weight excluding hydrogens is 302 g/mol. The normalized spacial score (nSPS) is 11.1. The van der Waals surface area contributed by atoms with Crippen LogP contribution in [0.5, 0.6) is 0 Å². The first kappa shape index (κ1) is 18.1. The fourth-order valence-electron chi connectivity index (χ4n) is 1.96. The predicted octanol–water partition coefficient (Wildman–Crippen LogP) is 2.48. The second-order valence-electron chi connectivity index (χ2n) is 5.43. The molecule has 0 radical (unpaired) electrons. The Labute approximate surface area is 136 Å². The lowest BCUT2D eigenvalue weighted by Gasteiger charge is -2.26. The smallest absolute Gasteiger partial charge is 0.223 e. The average molecular weight is 328 g/mol. The molecule has 118 valence electrons. The van der Waals surface area contributed by atoms with Gasteiger partial charge in [0.15, 0.2) is 0 Å². The molecule has 0 aliphatic rings. The van der Waals surface area contributed by atoms with Crippen LogP contribution in [0.1, 0.15) is 31.6 Å². The molecule has 0 saturated carbocycles. The number of carbonyl (C=O) groups excluding carboxylic acids is 1. The second-order valence-corrected chi connectivity index (χ2v) is 6.98. The Kier molecular flexibility index (Phi) is 7.85. The average Bonchev–Trinajstić information content (AvgIpc) is 2.92. The third kappa shape index (κ3) is 7.02. The van der Waals surface area contributed by atoms with E-state index < -0.39 is 0 Å². The van der Waals surface area contributed by atoms with Gasteiger partial charge in [-0.25, -0.2) is 0 Å². The number of nitrogens with zero attached hydrogens (tertiary/aromatic N) is 2. The molecule has 1 rings (SSSR count). The highest BCUT2D eigenvalue weighted by molar-refractivity contribution is 7.80. The Morgan fingerprint density at radius 3 is 2.62 bits per heavy atom. The van der Waals surface area contributed by atoms with E-state index in [0.29, 0.717) is 30.4 Å². The van der Waals surface area contributed by atoms with E-state index in [0.717, 1.165) is 13.1 Å². The Morgan fingerprint density at radius 2 is 2.10 bits per heavy atom. The minimum absolute atomic E-state index is 0.142. The molecule has 21 heavy (non-hydrogen) atoms. The summed E-state index contributed by atoms with van der Waals surface area (Å²) in [6.07, 6.45) is 1.11. The summed E-state index contributed by atoms with van der Waals surface area (Å²) in [5.41, 5.74) is 5.46. The zero-order valence-electron chi connectivity index (χ0n) is 13.0. The first-order chi connectivity index (χ1) is 9.90. The van der Waals surface area contributed by atoms with E-state index in [1.54, 1.807) is 23.3 Å². The van der Waals surface area contributed by atoms with Gasteiger partial charge in [0.1, 0.15) is 0 Å². The van der Waals surface area contributed by atoms with Crippen LogP contribution in [0.25, 0.3) is 0 Å². The number of rotatable bonds is 9. The lowest BCUT2D eigenvalue weighted by Crippen LogP contribution is -2.36. The number of thiophene rings is 1. The third-order valence-corrected chi connectivity index (χ3v) is 4.47. The maximum atomic E-state index is 12.1. The van der Waals surface area contributed by atoms with Gasteiger partial charge in [-0.3, -0.25) is 9.69 Å². The van der Waals surface area contributed by atoms with E-state index in [1.807, 2.05) is 0 Å². The van der Waals surface area contributed by atoms with Crippen LogP contribution in [0.2, 0.25) is 0 Å². The zero-order valence-corrected chi connectivity index (χ0v) is 14.7. The van der Waals surface area contributed by atoms with Crippen molar-refractivity contribution in [2.45, 2.75) is 39.3 Å². The topological polar surface area (TPSA) is 49.6 Å². The van der Waals surface area contributed by atoms with Gasteiger partial charge in [0, 0.05) is 50.4 Å². The molecule has 0 atom stereocenters. The van der Waals surface area contributed by atoms with Crippen molar-refractivity contribution in [2.75, 3.05) is 20.1 Å². The molecule has 6 heteroatoms. The van der Waals surface area contributed by atoms with Crippen LogP contribution >= 0.6 is 23.6 Å². The van der Waals surface area contributed by atoms with Gasteiger partial charge in [-0.05, 0) is 25.3 Å². The molecule has 4 nitrogen and oxygen atoms in total. The summed E-state index contributed by atoms with van der Waals surface area (Å²) in [5, 5.41) is 2.09. The van der Waals surface area contributed by atoms with E-state index in [-0.39, 0.29) is 5.91 Å². The van der Waals surface area contributed by atoms with Crippen molar-refractivity contribution in [3.63, 3.8) is 0 Å². The molecule has 1 amide bonds. The maximum Gasteiger partial charge on any atom is 0.223 e. The van der Waals surface area contributed by atoms with Gasteiger partial charge in [-0.1, -0.05) is 18.3 Å². The molecule has 0 aliphatic carbocycles. The summed E-state index contributed by atoms with van der Waals surface area (Å²) in [4.78, 5) is 17.9. The molecule has 1 aromatic heterocycles. The van der Waals surface area contributed by atoms with Gasteiger partial charge >= 0.3 is 0 Å². The van der Waals surface area contributed by atoms with E-state index >= 15 is 0 Å². The number of carbonyl (C=O) groups is 1. The Hall–Kier alpha value is -0.980. The molecule has 0 bridgehead atoms. The quantitative estimate of drug-likeness (QED) is 0.708. The zero-order chi connectivity index (χ0) is 15.8. The van der Waals surface area contributed by atoms with E-state index in [1.165, 1.54) is 4.88 Å². The Morgan fingerprint density at radius 1 is 1.38 bits per heavy atom. The SMILES string of the molecule is CC(C)N(CCC(=O)N(C)CCC(N)=S)Cc1cccs1. The summed E-state index contributed by atoms with van der Waals surface area (Å²) in [6.45, 7) is 6.59. The summed E-state index contributed by atoms with van der Waals surface area (Å²) in [6, 6.07) is 4.62. The van der Waals surface area contributed by atoms with Crippen LogP contribution in [0, 0.1) is 0 Å². The molecule has 0 spiro atoms. The second kappa shape index (κ2) is 9.12. The number of hydrogen-bond donors (Lipinski definition) is 1. The maximum absolute atomic E-state index is 12.1. The summed E-state index contributed by atoms with van der Waals surface area (Å²) in [7, 11) is 1.81. The largest absolute Gasteiger partial charge is 0.393 e. The first-order valence-electron chi connectivity index (χ1n) is 7.19. The highest BCUT2D eigenvalue weighted by atomic mass is 32.1. The fourth-order valence-corrected chi connectivity index (χ4v) is 2.78. The van der Waals surface area contributed by atoms with Gasteiger partial charge in [0.05, 0.1) is 4.99 Å². The number of hydrogen-bond acceptors (Lipinski definition) is 4. The molecular formula is C15H25N3OS2. The van der Waals surface area contributed by atoms with Crippen LogP contribution < -0.4 is 5.73 Å². The third-order valence-electron chi connectivity index (χ3n) is 3.40. The molecule has 0 aromatic carbocycles. The van der Waals surface area contributed by atoms with Crippen molar-refractivity contribution >= 4 is 34.5 Å². The van der Waals surface area contributed by atoms with Crippen LogP contribution in [-0.4, -0.2) is 46.9 Å². The molecule has 0 aliphatic heterocycles. The molecule has 1 heterocycles. The minimum Gasteiger partial charge on any atom is -0.393 e. The van der Waals surface area contributed by atoms with Crippen LogP contribution in [-0.2, 0) is 11.3 Å². The van der Waals surface area contributed by atoms with Crippen LogP contribution in [0.3, 0.4) is 0 Å². The van der Waals surface area contributed by atoms with Crippen molar-refractivity contribution in [3.8, 4) is 0 Å². The number of amides is 1. The van der Waals surface area contributed by atoms with Crippen molar-refractivity contribution in [1.29, 1.82) is 0 Å². The van der Waals surface area contributed by atoms with Crippen LogP contribution in [0.15, 0.2) is 17.5 Å².